The van der Waals surface area contributed by atoms with Gasteiger partial charge in [0.05, 0.1) is 0 Å². The Morgan fingerprint density at radius 3 is 2.04 bits per heavy atom. The largest absolute Gasteiger partial charge is 0.481 e. The van der Waals surface area contributed by atoms with Gasteiger partial charge in [-0.25, -0.2) is 0 Å². The zero-order chi connectivity index (χ0) is 16.8. The maximum Gasteiger partial charge on any atom is 0.265 e. The molecule has 0 aliphatic heterocycles. The molecule has 2 rings (SSSR count). The summed E-state index contributed by atoms with van der Waals surface area (Å²) in [7, 11) is 0. The first-order chi connectivity index (χ1) is 10.9. The molecule has 23 heavy (non-hydrogen) atoms. The number of nitrogens with one attached hydrogen (secondary N) is 2. The molecule has 0 aromatic heterocycles. The summed E-state index contributed by atoms with van der Waals surface area (Å²) in [6.07, 6.45) is -0.648. The Hall–Kier alpha value is -2.34. The van der Waals surface area contributed by atoms with Gasteiger partial charge in [0.15, 0.2) is 6.10 Å². The normalized spacial score (nSPS) is 11.4. The second-order valence-electron chi connectivity index (χ2n) is 4.96. The van der Waals surface area contributed by atoms with Crippen molar-refractivity contribution in [1.82, 2.24) is 0 Å². The summed E-state index contributed by atoms with van der Waals surface area (Å²) >= 11 is 3.34. The molecule has 2 N–H and O–H groups in total. The Labute approximate surface area is 143 Å². The number of halogens is 1. The minimum Gasteiger partial charge on any atom is -0.481 e. The Morgan fingerprint density at radius 1 is 0.957 bits per heavy atom. The Kier molecular flexibility index (Phi) is 5.76. The lowest BCUT2D eigenvalue weighted by Gasteiger charge is -2.15. The van der Waals surface area contributed by atoms with Crippen LogP contribution in [0.4, 0.5) is 11.4 Å². The van der Waals surface area contributed by atoms with E-state index in [0.29, 0.717) is 17.1 Å². The summed E-state index contributed by atoms with van der Waals surface area (Å²) < 4.78 is 6.54. The Morgan fingerprint density at radius 2 is 1.48 bits per heavy atom. The van der Waals surface area contributed by atoms with Crippen molar-refractivity contribution in [3.8, 4) is 5.75 Å². The van der Waals surface area contributed by atoms with Crippen molar-refractivity contribution in [2.45, 2.75) is 20.0 Å². The second kappa shape index (κ2) is 7.78. The van der Waals surface area contributed by atoms with Gasteiger partial charge in [-0.3, -0.25) is 9.59 Å². The molecular weight excluding hydrogens is 360 g/mol. The lowest BCUT2D eigenvalue weighted by atomic mass is 10.2. The summed E-state index contributed by atoms with van der Waals surface area (Å²) in [5, 5.41) is 5.45. The molecule has 0 heterocycles. The van der Waals surface area contributed by atoms with E-state index in [-0.39, 0.29) is 11.8 Å². The van der Waals surface area contributed by atoms with Gasteiger partial charge in [-0.05, 0) is 55.5 Å². The molecule has 0 aliphatic carbocycles. The van der Waals surface area contributed by atoms with Crippen LogP contribution in [0.3, 0.4) is 0 Å². The van der Waals surface area contributed by atoms with Gasteiger partial charge in [0.2, 0.25) is 5.91 Å². The molecule has 0 radical (unpaired) electrons. The van der Waals surface area contributed by atoms with Crippen molar-refractivity contribution in [3.63, 3.8) is 0 Å². The predicted molar refractivity (Wildman–Crippen MR) is 93.6 cm³/mol. The van der Waals surface area contributed by atoms with Crippen LogP contribution in [0.1, 0.15) is 13.8 Å². The average molecular weight is 377 g/mol. The Bertz CT molecular complexity index is 684. The second-order valence-corrected chi connectivity index (χ2v) is 5.88. The first-order valence-electron chi connectivity index (χ1n) is 7.05. The molecule has 5 nitrogen and oxygen atoms in total. The molecular formula is C17H17BrN2O3. The van der Waals surface area contributed by atoms with Crippen molar-refractivity contribution in [3.05, 3.63) is 53.0 Å². The summed E-state index contributed by atoms with van der Waals surface area (Å²) in [5.74, 6) is 0.178. The van der Waals surface area contributed by atoms with E-state index in [9.17, 15) is 9.59 Å². The molecule has 2 amide bonds. The summed E-state index contributed by atoms with van der Waals surface area (Å²) in [5.41, 5.74) is 1.38. The molecule has 1 atom stereocenters. The fourth-order valence-corrected chi connectivity index (χ4v) is 2.12. The molecule has 120 valence electrons. The lowest BCUT2D eigenvalue weighted by molar-refractivity contribution is -0.122. The number of anilines is 2. The van der Waals surface area contributed by atoms with Crippen LogP contribution in [0.15, 0.2) is 53.0 Å². The summed E-state index contributed by atoms with van der Waals surface area (Å²) in [6, 6.07) is 14.1. The number of carbonyl (C=O) groups is 2. The van der Waals surface area contributed by atoms with Gasteiger partial charge >= 0.3 is 0 Å². The van der Waals surface area contributed by atoms with E-state index in [2.05, 4.69) is 26.6 Å². The van der Waals surface area contributed by atoms with Gasteiger partial charge in [-0.15, -0.1) is 0 Å². The highest BCUT2D eigenvalue weighted by Gasteiger charge is 2.14. The number of hydrogen-bond acceptors (Lipinski definition) is 3. The maximum atomic E-state index is 12.1. The summed E-state index contributed by atoms with van der Waals surface area (Å²) in [4.78, 5) is 23.1. The topological polar surface area (TPSA) is 67.4 Å². The van der Waals surface area contributed by atoms with Crippen molar-refractivity contribution < 1.29 is 14.3 Å². The van der Waals surface area contributed by atoms with Gasteiger partial charge in [0.25, 0.3) is 5.91 Å². The molecule has 0 unspecified atom stereocenters. The molecule has 0 aliphatic rings. The maximum absolute atomic E-state index is 12.1. The van der Waals surface area contributed by atoms with E-state index in [0.717, 1.165) is 4.47 Å². The van der Waals surface area contributed by atoms with Gasteiger partial charge in [0, 0.05) is 22.8 Å². The molecule has 2 aromatic carbocycles. The first kappa shape index (κ1) is 17.0. The molecule has 0 fully saturated rings. The molecule has 0 saturated carbocycles. The van der Waals surface area contributed by atoms with Crippen molar-refractivity contribution >= 4 is 39.1 Å². The number of benzene rings is 2. The number of hydrogen-bond donors (Lipinski definition) is 2. The number of carbonyl (C=O) groups excluding carboxylic acids is 2. The van der Waals surface area contributed by atoms with Crippen molar-refractivity contribution in [2.24, 2.45) is 0 Å². The lowest BCUT2D eigenvalue weighted by Crippen LogP contribution is -2.30. The highest BCUT2D eigenvalue weighted by Crippen LogP contribution is 2.18. The number of amides is 2. The van der Waals surface area contributed by atoms with E-state index in [4.69, 9.17) is 4.74 Å². The third-order valence-electron chi connectivity index (χ3n) is 2.97. The monoisotopic (exact) mass is 376 g/mol. The Balaban J connectivity index is 1.92. The highest BCUT2D eigenvalue weighted by molar-refractivity contribution is 9.10. The molecule has 6 heteroatoms. The van der Waals surface area contributed by atoms with E-state index >= 15 is 0 Å². The van der Waals surface area contributed by atoms with Crippen LogP contribution in [0.25, 0.3) is 0 Å². The van der Waals surface area contributed by atoms with Gasteiger partial charge in [0.1, 0.15) is 5.75 Å². The van der Waals surface area contributed by atoms with Crippen LogP contribution in [0, 0.1) is 0 Å². The average Bonchev–Trinajstić information content (AvgIpc) is 2.51. The number of rotatable bonds is 5. The standard InChI is InChI=1S/C17H17BrN2O3/c1-11(17(22)20-15-5-3-13(18)4-6-15)23-16-9-7-14(8-10-16)19-12(2)21/h3-11H,1-2H3,(H,19,21)(H,20,22)/t11-/m0/s1. The van der Waals surface area contributed by atoms with Crippen LogP contribution in [-0.2, 0) is 9.59 Å². The molecule has 2 aromatic rings. The minimum absolute atomic E-state index is 0.138. The van der Waals surface area contributed by atoms with Gasteiger partial charge in [-0.2, -0.15) is 0 Å². The predicted octanol–water partition coefficient (Wildman–Crippen LogP) is 3.81. The van der Waals surface area contributed by atoms with E-state index < -0.39 is 6.10 Å². The fraction of sp³-hybridized carbons (Fsp3) is 0.176. The molecule has 0 saturated heterocycles. The highest BCUT2D eigenvalue weighted by atomic mass is 79.9. The third-order valence-corrected chi connectivity index (χ3v) is 3.50. The van der Waals surface area contributed by atoms with Crippen LogP contribution < -0.4 is 15.4 Å². The summed E-state index contributed by atoms with van der Waals surface area (Å²) in [6.45, 7) is 3.12. The molecule has 0 spiro atoms. The number of ether oxygens (including phenoxy) is 1. The quantitative estimate of drug-likeness (QED) is 0.833. The van der Waals surface area contributed by atoms with Crippen LogP contribution in [0.5, 0.6) is 5.75 Å². The minimum atomic E-state index is -0.648. The zero-order valence-electron chi connectivity index (χ0n) is 12.8. The SMILES string of the molecule is CC(=O)Nc1ccc(O[C@@H](C)C(=O)Nc2ccc(Br)cc2)cc1. The van der Waals surface area contributed by atoms with Crippen LogP contribution in [-0.4, -0.2) is 17.9 Å². The van der Waals surface area contributed by atoms with E-state index in [1.165, 1.54) is 6.92 Å². The van der Waals surface area contributed by atoms with Crippen molar-refractivity contribution in [2.75, 3.05) is 10.6 Å². The van der Waals surface area contributed by atoms with Gasteiger partial charge in [-0.1, -0.05) is 15.9 Å². The van der Waals surface area contributed by atoms with E-state index in [1.807, 2.05) is 12.1 Å². The van der Waals surface area contributed by atoms with Crippen molar-refractivity contribution in [1.29, 1.82) is 0 Å². The fourth-order valence-electron chi connectivity index (χ4n) is 1.85. The molecule has 0 bridgehead atoms. The first-order valence-corrected chi connectivity index (χ1v) is 7.84. The van der Waals surface area contributed by atoms with E-state index in [1.54, 1.807) is 43.3 Å². The zero-order valence-corrected chi connectivity index (χ0v) is 14.4. The van der Waals surface area contributed by atoms with Crippen LogP contribution in [0.2, 0.25) is 0 Å². The smallest absolute Gasteiger partial charge is 0.265 e. The van der Waals surface area contributed by atoms with Gasteiger partial charge < -0.3 is 15.4 Å². The van der Waals surface area contributed by atoms with Crippen LogP contribution >= 0.6 is 15.9 Å². The third kappa shape index (κ3) is 5.41.